The van der Waals surface area contributed by atoms with Crippen LogP contribution in [0.3, 0.4) is 0 Å². The van der Waals surface area contributed by atoms with Crippen LogP contribution in [-0.4, -0.2) is 14.8 Å². The van der Waals surface area contributed by atoms with E-state index in [9.17, 15) is 0 Å². The first-order valence-electron chi connectivity index (χ1n) is 6.69. The third-order valence-electron chi connectivity index (χ3n) is 3.42. The summed E-state index contributed by atoms with van der Waals surface area (Å²) in [6, 6.07) is 14.1. The number of hydrogen-bond donors (Lipinski definition) is 2. The second-order valence-corrected chi connectivity index (χ2v) is 5.34. The van der Waals surface area contributed by atoms with Crippen LogP contribution in [-0.2, 0) is 13.6 Å². The molecule has 1 heterocycles. The van der Waals surface area contributed by atoms with E-state index in [1.54, 1.807) is 4.68 Å². The van der Waals surface area contributed by atoms with Gasteiger partial charge in [0.2, 0.25) is 0 Å². The third-order valence-corrected chi connectivity index (χ3v) is 3.64. The van der Waals surface area contributed by atoms with Crippen LogP contribution in [0, 0.1) is 0 Å². The lowest BCUT2D eigenvalue weighted by atomic mass is 10.0. The molecule has 0 radical (unpaired) electrons. The fourth-order valence-electron chi connectivity index (χ4n) is 2.41. The van der Waals surface area contributed by atoms with Gasteiger partial charge in [0.15, 0.2) is 0 Å². The minimum absolute atomic E-state index is 0.419. The number of fused-ring (bicyclic) bond motifs is 1. The first-order chi connectivity index (χ1) is 10.1. The predicted molar refractivity (Wildman–Crippen MR) is 90.4 cm³/mol. The summed E-state index contributed by atoms with van der Waals surface area (Å²) >= 11 is 5.12. The molecule has 106 valence electrons. The summed E-state index contributed by atoms with van der Waals surface area (Å²) in [6.45, 7) is 0.678. The lowest BCUT2D eigenvalue weighted by Crippen LogP contribution is -2.10. The molecule has 3 aromatic rings. The number of benzene rings is 2. The number of aryl methyl sites for hydroxylation is 1. The second kappa shape index (κ2) is 5.54. The Balaban J connectivity index is 1.96. The van der Waals surface area contributed by atoms with Crippen molar-refractivity contribution in [1.29, 1.82) is 0 Å². The van der Waals surface area contributed by atoms with Crippen molar-refractivity contribution in [1.82, 2.24) is 9.78 Å². The summed E-state index contributed by atoms with van der Waals surface area (Å²) in [4.78, 5) is 0.419. The van der Waals surface area contributed by atoms with Gasteiger partial charge in [-0.1, -0.05) is 36.5 Å². The maximum Gasteiger partial charge on any atom is 0.104 e. The molecule has 4 nitrogen and oxygen atoms in total. The van der Waals surface area contributed by atoms with E-state index < -0.39 is 0 Å². The summed E-state index contributed by atoms with van der Waals surface area (Å²) in [5.41, 5.74) is 8.75. The normalized spacial score (nSPS) is 10.7. The van der Waals surface area contributed by atoms with E-state index in [1.165, 1.54) is 0 Å². The van der Waals surface area contributed by atoms with E-state index in [2.05, 4.69) is 16.5 Å². The van der Waals surface area contributed by atoms with Gasteiger partial charge in [-0.3, -0.25) is 4.68 Å². The van der Waals surface area contributed by atoms with E-state index in [4.69, 9.17) is 18.0 Å². The monoisotopic (exact) mass is 296 g/mol. The Bertz CT molecular complexity index is 807. The molecule has 3 N–H and O–H groups in total. The topological polar surface area (TPSA) is 55.9 Å². The number of nitrogens with two attached hydrogens (primary N) is 1. The average molecular weight is 296 g/mol. The first-order valence-corrected chi connectivity index (χ1v) is 7.10. The number of thiocarbonyl (C=S) groups is 1. The van der Waals surface area contributed by atoms with Crippen LogP contribution in [0.5, 0.6) is 0 Å². The molecule has 21 heavy (non-hydrogen) atoms. The smallest absolute Gasteiger partial charge is 0.104 e. The molecule has 0 aliphatic carbocycles. The van der Waals surface area contributed by atoms with Crippen LogP contribution in [0.25, 0.3) is 10.8 Å². The van der Waals surface area contributed by atoms with Crippen molar-refractivity contribution in [3.05, 3.63) is 59.9 Å². The van der Waals surface area contributed by atoms with E-state index in [0.717, 1.165) is 27.7 Å². The maximum absolute atomic E-state index is 5.80. The molecule has 3 rings (SSSR count). The molecule has 0 amide bonds. The van der Waals surface area contributed by atoms with Crippen LogP contribution in [0.2, 0.25) is 0 Å². The lowest BCUT2D eigenvalue weighted by molar-refractivity contribution is 0.747. The van der Waals surface area contributed by atoms with Crippen LogP contribution in [0.1, 0.15) is 11.3 Å². The van der Waals surface area contributed by atoms with Crippen molar-refractivity contribution < 1.29 is 0 Å². The van der Waals surface area contributed by atoms with Crippen molar-refractivity contribution >= 4 is 33.7 Å². The molecule has 0 spiro atoms. The highest BCUT2D eigenvalue weighted by Gasteiger charge is 2.07. The van der Waals surface area contributed by atoms with Gasteiger partial charge in [0, 0.05) is 29.9 Å². The molecule has 0 aliphatic heterocycles. The van der Waals surface area contributed by atoms with Gasteiger partial charge in [-0.15, -0.1) is 0 Å². The summed E-state index contributed by atoms with van der Waals surface area (Å²) in [5, 5.41) is 9.96. The summed E-state index contributed by atoms with van der Waals surface area (Å²) in [5.74, 6) is 0. The first kappa shape index (κ1) is 13.6. The molecule has 2 aromatic carbocycles. The predicted octanol–water partition coefficient (Wildman–Crippen LogP) is 2.82. The van der Waals surface area contributed by atoms with Crippen LogP contribution in [0.4, 0.5) is 5.69 Å². The second-order valence-electron chi connectivity index (χ2n) is 4.90. The van der Waals surface area contributed by atoms with Gasteiger partial charge < -0.3 is 11.1 Å². The Labute approximate surface area is 128 Å². The van der Waals surface area contributed by atoms with Gasteiger partial charge >= 0.3 is 0 Å². The van der Waals surface area contributed by atoms with Crippen LogP contribution in [0.15, 0.2) is 48.7 Å². The Morgan fingerprint density at radius 3 is 2.62 bits per heavy atom. The van der Waals surface area contributed by atoms with Gasteiger partial charge in [-0.25, -0.2) is 0 Å². The summed E-state index contributed by atoms with van der Waals surface area (Å²) in [6.07, 6.45) is 1.94. The van der Waals surface area contributed by atoms with Crippen molar-refractivity contribution in [2.75, 3.05) is 5.32 Å². The van der Waals surface area contributed by atoms with E-state index in [1.807, 2.05) is 49.6 Å². The van der Waals surface area contributed by atoms with Crippen molar-refractivity contribution in [2.24, 2.45) is 12.8 Å². The number of rotatable bonds is 4. The minimum Gasteiger partial charge on any atom is -0.389 e. The molecule has 0 saturated heterocycles. The molecule has 5 heteroatoms. The molecule has 0 unspecified atom stereocenters. The van der Waals surface area contributed by atoms with Gasteiger partial charge in [0.05, 0.1) is 12.2 Å². The highest BCUT2D eigenvalue weighted by Crippen LogP contribution is 2.27. The zero-order valence-corrected chi connectivity index (χ0v) is 12.5. The third kappa shape index (κ3) is 2.73. The maximum atomic E-state index is 5.80. The Morgan fingerprint density at radius 2 is 1.95 bits per heavy atom. The SMILES string of the molecule is Cn1ccc(CNc2ccc(C(N)=S)c3ccccc23)n1. The molecular weight excluding hydrogens is 280 g/mol. The van der Waals surface area contributed by atoms with E-state index in [0.29, 0.717) is 11.5 Å². The van der Waals surface area contributed by atoms with Crippen LogP contribution < -0.4 is 11.1 Å². The van der Waals surface area contributed by atoms with Gasteiger partial charge in [-0.05, 0) is 23.6 Å². The van der Waals surface area contributed by atoms with E-state index >= 15 is 0 Å². The average Bonchev–Trinajstić information content (AvgIpc) is 2.90. The Hall–Kier alpha value is -2.40. The quantitative estimate of drug-likeness (QED) is 0.727. The molecule has 0 atom stereocenters. The molecule has 0 saturated carbocycles. The van der Waals surface area contributed by atoms with E-state index in [-0.39, 0.29) is 0 Å². The molecular formula is C16H16N4S. The number of hydrogen-bond acceptors (Lipinski definition) is 3. The van der Waals surface area contributed by atoms with Crippen molar-refractivity contribution in [2.45, 2.75) is 6.54 Å². The lowest BCUT2D eigenvalue weighted by Gasteiger charge is -2.11. The zero-order chi connectivity index (χ0) is 14.8. The highest BCUT2D eigenvalue weighted by atomic mass is 32.1. The van der Waals surface area contributed by atoms with Crippen molar-refractivity contribution in [3.63, 3.8) is 0 Å². The molecule has 1 aromatic heterocycles. The Morgan fingerprint density at radius 1 is 1.19 bits per heavy atom. The number of anilines is 1. The number of nitrogens with zero attached hydrogens (tertiary/aromatic N) is 2. The highest BCUT2D eigenvalue weighted by molar-refractivity contribution is 7.80. The van der Waals surface area contributed by atoms with Gasteiger partial charge in [0.1, 0.15) is 4.99 Å². The largest absolute Gasteiger partial charge is 0.389 e. The molecule has 0 fully saturated rings. The fraction of sp³-hybridized carbons (Fsp3) is 0.125. The minimum atomic E-state index is 0.419. The number of aromatic nitrogens is 2. The van der Waals surface area contributed by atoms with Crippen molar-refractivity contribution in [3.8, 4) is 0 Å². The standard InChI is InChI=1S/C16H16N4S/c1-20-9-8-11(19-20)10-18-15-7-6-14(16(17)21)12-4-2-3-5-13(12)15/h2-9,18H,10H2,1H3,(H2,17,21). The van der Waals surface area contributed by atoms with Gasteiger partial charge in [0.25, 0.3) is 0 Å². The fourth-order valence-corrected chi connectivity index (χ4v) is 2.59. The zero-order valence-electron chi connectivity index (χ0n) is 11.7. The molecule has 0 bridgehead atoms. The van der Waals surface area contributed by atoms with Crippen LogP contribution >= 0.6 is 12.2 Å². The summed E-state index contributed by atoms with van der Waals surface area (Å²) < 4.78 is 1.80. The van der Waals surface area contributed by atoms with Gasteiger partial charge in [-0.2, -0.15) is 5.10 Å². The summed E-state index contributed by atoms with van der Waals surface area (Å²) in [7, 11) is 1.91. The Kier molecular flexibility index (Phi) is 3.58. The number of nitrogens with one attached hydrogen (secondary N) is 1. The molecule has 0 aliphatic rings.